The van der Waals surface area contributed by atoms with E-state index in [0.717, 1.165) is 18.3 Å². The molecule has 1 heteroatoms. The highest BCUT2D eigenvalue weighted by molar-refractivity contribution is 5.94. The Kier molecular flexibility index (Phi) is 1.73. The Balaban J connectivity index is 2.19. The number of rotatable bonds is 0. The van der Waals surface area contributed by atoms with Gasteiger partial charge in [-0.2, -0.15) is 0 Å². The number of ketones is 1. The number of Topliss-reactive ketones (excluding diaryl/α,β-unsaturated/α-hetero) is 1. The molecule has 0 radical (unpaired) electrons. The van der Waals surface area contributed by atoms with Crippen LogP contribution >= 0.6 is 0 Å². The van der Waals surface area contributed by atoms with Gasteiger partial charge in [0.05, 0.1) is 0 Å². The van der Waals surface area contributed by atoms with Crippen molar-refractivity contribution in [2.45, 2.75) is 53.9 Å². The van der Waals surface area contributed by atoms with Gasteiger partial charge in [-0.1, -0.05) is 34.6 Å². The van der Waals surface area contributed by atoms with Crippen LogP contribution in [0.4, 0.5) is 0 Å². The van der Waals surface area contributed by atoms with Gasteiger partial charge in [-0.25, -0.2) is 0 Å². The molecule has 0 bridgehead atoms. The Bertz CT molecular complexity index is 370. The molecule has 0 heterocycles. The van der Waals surface area contributed by atoms with Crippen LogP contribution in [0, 0.1) is 34.0 Å². The normalized spacial score (nSPS) is 58.1. The van der Waals surface area contributed by atoms with Gasteiger partial charge in [0, 0.05) is 11.8 Å². The maximum absolute atomic E-state index is 12.2. The second kappa shape index (κ2) is 2.57. The molecule has 90 valence electrons. The zero-order valence-corrected chi connectivity index (χ0v) is 11.3. The predicted octanol–water partition coefficient (Wildman–Crippen LogP) is 3.67. The van der Waals surface area contributed by atoms with E-state index in [1.165, 1.54) is 12.8 Å². The van der Waals surface area contributed by atoms with Gasteiger partial charge in [-0.05, 0) is 41.4 Å². The molecule has 0 N–H and O–H groups in total. The Morgan fingerprint density at radius 2 is 1.75 bits per heavy atom. The molecule has 3 rings (SSSR count). The standard InChI is InChI=1S/C15H24O/c1-9-6-7-11-13(3,4)10(2)14(5)12(16)8-15(9,11)14/h9-11H,6-8H2,1-5H3/t9-,10-,11+,14?,15+/m1/s1. The SMILES string of the molecule is C[C@@H]1C(C)(C)[C@@H]2CC[C@@H](C)[C@@]23CC(=O)C13C. The van der Waals surface area contributed by atoms with E-state index >= 15 is 0 Å². The van der Waals surface area contributed by atoms with Crippen molar-refractivity contribution in [2.75, 3.05) is 0 Å². The minimum atomic E-state index is -0.00289. The topological polar surface area (TPSA) is 17.1 Å². The fraction of sp³-hybridized carbons (Fsp3) is 0.933. The van der Waals surface area contributed by atoms with Gasteiger partial charge < -0.3 is 0 Å². The Morgan fingerprint density at radius 1 is 1.12 bits per heavy atom. The van der Waals surface area contributed by atoms with Crippen LogP contribution in [0.1, 0.15) is 53.9 Å². The summed E-state index contributed by atoms with van der Waals surface area (Å²) in [5, 5.41) is 0. The quantitative estimate of drug-likeness (QED) is 0.608. The van der Waals surface area contributed by atoms with E-state index < -0.39 is 0 Å². The summed E-state index contributed by atoms with van der Waals surface area (Å²) >= 11 is 0. The maximum Gasteiger partial charge on any atom is 0.140 e. The average molecular weight is 220 g/mol. The summed E-state index contributed by atoms with van der Waals surface area (Å²) in [5.41, 5.74) is 0.718. The fourth-order valence-corrected chi connectivity index (χ4v) is 5.96. The van der Waals surface area contributed by atoms with E-state index in [-0.39, 0.29) is 5.41 Å². The minimum Gasteiger partial charge on any atom is -0.299 e. The van der Waals surface area contributed by atoms with Crippen LogP contribution in [0.2, 0.25) is 0 Å². The van der Waals surface area contributed by atoms with Crippen molar-refractivity contribution in [2.24, 2.45) is 34.0 Å². The molecule has 3 saturated carbocycles. The van der Waals surface area contributed by atoms with E-state index in [4.69, 9.17) is 0 Å². The molecule has 0 saturated heterocycles. The lowest BCUT2D eigenvalue weighted by Crippen LogP contribution is -2.59. The summed E-state index contributed by atoms with van der Waals surface area (Å²) in [6.07, 6.45) is 3.56. The first-order valence-corrected chi connectivity index (χ1v) is 6.83. The fourth-order valence-electron chi connectivity index (χ4n) is 5.96. The van der Waals surface area contributed by atoms with E-state index in [9.17, 15) is 4.79 Å². The Labute approximate surface area is 99.0 Å². The zero-order chi connectivity index (χ0) is 11.9. The first-order chi connectivity index (χ1) is 7.29. The molecule has 0 aromatic carbocycles. The highest BCUT2D eigenvalue weighted by Gasteiger charge is 2.79. The lowest BCUT2D eigenvalue weighted by atomic mass is 9.45. The number of hydrogen-bond acceptors (Lipinski definition) is 1. The third-order valence-corrected chi connectivity index (χ3v) is 7.27. The van der Waals surface area contributed by atoms with Gasteiger partial charge in [0.15, 0.2) is 0 Å². The van der Waals surface area contributed by atoms with Crippen LogP contribution in [-0.2, 0) is 4.79 Å². The van der Waals surface area contributed by atoms with Crippen LogP contribution in [0.15, 0.2) is 0 Å². The molecule has 5 atom stereocenters. The van der Waals surface area contributed by atoms with E-state index in [0.29, 0.717) is 22.5 Å². The van der Waals surface area contributed by atoms with Crippen molar-refractivity contribution >= 4 is 5.78 Å². The average Bonchev–Trinajstić information content (AvgIpc) is 2.60. The van der Waals surface area contributed by atoms with Crippen molar-refractivity contribution in [3.05, 3.63) is 0 Å². The lowest BCUT2D eigenvalue weighted by Gasteiger charge is -2.56. The molecule has 0 amide bonds. The molecule has 3 aliphatic carbocycles. The van der Waals surface area contributed by atoms with E-state index in [1.54, 1.807) is 0 Å². The number of hydrogen-bond donors (Lipinski definition) is 0. The molecule has 1 unspecified atom stereocenters. The Hall–Kier alpha value is -0.330. The lowest BCUT2D eigenvalue weighted by molar-refractivity contribution is -0.166. The molecule has 1 spiro atoms. The summed E-state index contributed by atoms with van der Waals surface area (Å²) in [5.74, 6) is 2.63. The van der Waals surface area contributed by atoms with Gasteiger partial charge in [0.25, 0.3) is 0 Å². The predicted molar refractivity (Wildman–Crippen MR) is 65.0 cm³/mol. The van der Waals surface area contributed by atoms with Crippen LogP contribution in [0.3, 0.4) is 0 Å². The maximum atomic E-state index is 12.2. The summed E-state index contributed by atoms with van der Waals surface area (Å²) in [6.45, 7) is 11.8. The van der Waals surface area contributed by atoms with Crippen LogP contribution < -0.4 is 0 Å². The molecule has 16 heavy (non-hydrogen) atoms. The van der Waals surface area contributed by atoms with Crippen molar-refractivity contribution in [3.63, 3.8) is 0 Å². The summed E-state index contributed by atoms with van der Waals surface area (Å²) in [7, 11) is 0. The minimum absolute atomic E-state index is 0.00289. The van der Waals surface area contributed by atoms with Crippen molar-refractivity contribution in [1.29, 1.82) is 0 Å². The van der Waals surface area contributed by atoms with Crippen LogP contribution in [0.25, 0.3) is 0 Å². The highest BCUT2D eigenvalue weighted by Crippen LogP contribution is 2.80. The van der Waals surface area contributed by atoms with Gasteiger partial charge in [-0.15, -0.1) is 0 Å². The second-order valence-electron chi connectivity index (χ2n) is 7.42. The second-order valence-corrected chi connectivity index (χ2v) is 7.42. The number of carbonyl (C=O) groups excluding carboxylic acids is 1. The van der Waals surface area contributed by atoms with Crippen LogP contribution in [-0.4, -0.2) is 5.78 Å². The summed E-state index contributed by atoms with van der Waals surface area (Å²) in [4.78, 5) is 12.2. The molecule has 0 aromatic heterocycles. The third-order valence-electron chi connectivity index (χ3n) is 7.27. The number of carbonyl (C=O) groups is 1. The smallest absolute Gasteiger partial charge is 0.140 e. The van der Waals surface area contributed by atoms with E-state index in [1.807, 2.05) is 0 Å². The molecular formula is C15H24O. The first kappa shape index (κ1) is 10.8. The van der Waals surface area contributed by atoms with Crippen molar-refractivity contribution in [3.8, 4) is 0 Å². The third kappa shape index (κ3) is 0.734. The zero-order valence-electron chi connectivity index (χ0n) is 11.3. The van der Waals surface area contributed by atoms with Crippen molar-refractivity contribution < 1.29 is 4.79 Å². The first-order valence-electron chi connectivity index (χ1n) is 6.83. The van der Waals surface area contributed by atoms with Gasteiger partial charge >= 0.3 is 0 Å². The highest BCUT2D eigenvalue weighted by atomic mass is 16.1. The van der Waals surface area contributed by atoms with E-state index in [2.05, 4.69) is 34.6 Å². The molecule has 3 aliphatic rings. The van der Waals surface area contributed by atoms with Gasteiger partial charge in [-0.3, -0.25) is 4.79 Å². The Morgan fingerprint density at radius 3 is 2.31 bits per heavy atom. The molecular weight excluding hydrogens is 196 g/mol. The van der Waals surface area contributed by atoms with Crippen LogP contribution in [0.5, 0.6) is 0 Å². The summed E-state index contributed by atoms with van der Waals surface area (Å²) in [6, 6.07) is 0. The molecule has 1 nitrogen and oxygen atoms in total. The molecule has 3 fully saturated rings. The van der Waals surface area contributed by atoms with Gasteiger partial charge in [0.1, 0.15) is 5.78 Å². The molecule has 0 aromatic rings. The van der Waals surface area contributed by atoms with Gasteiger partial charge in [0.2, 0.25) is 0 Å². The van der Waals surface area contributed by atoms with Crippen molar-refractivity contribution in [1.82, 2.24) is 0 Å². The largest absolute Gasteiger partial charge is 0.299 e. The molecule has 0 aliphatic heterocycles. The monoisotopic (exact) mass is 220 g/mol. The summed E-state index contributed by atoms with van der Waals surface area (Å²) < 4.78 is 0.